The fourth-order valence-electron chi connectivity index (χ4n) is 3.11. The van der Waals surface area contributed by atoms with Crippen molar-refractivity contribution < 1.29 is 9.47 Å². The summed E-state index contributed by atoms with van der Waals surface area (Å²) < 4.78 is 8.48. The van der Waals surface area contributed by atoms with Crippen LogP contribution in [0.3, 0.4) is 0 Å². The lowest BCUT2D eigenvalue weighted by Crippen LogP contribution is -2.52. The Morgan fingerprint density at radius 1 is 0.621 bits per heavy atom. The first-order chi connectivity index (χ1) is 14.0. The van der Waals surface area contributed by atoms with Gasteiger partial charge >= 0.3 is 0 Å². The molecule has 29 heavy (non-hydrogen) atoms. The van der Waals surface area contributed by atoms with Gasteiger partial charge in [-0.15, -0.1) is 20.5 Å². The zero-order valence-corrected chi connectivity index (χ0v) is 16.8. The maximum absolute atomic E-state index is 6.97. The van der Waals surface area contributed by atoms with Crippen LogP contribution in [-0.2, 0) is 11.3 Å². The van der Waals surface area contributed by atoms with Crippen LogP contribution in [0.2, 0.25) is 0 Å². The molecule has 0 spiro atoms. The average Bonchev–Trinajstić information content (AvgIpc) is 3.45. The van der Waals surface area contributed by atoms with Crippen molar-refractivity contribution in [2.45, 2.75) is 15.7 Å². The molecule has 0 unspecified atom stereocenters. The molecule has 0 N–H and O–H groups in total. The highest BCUT2D eigenvalue weighted by atomic mass is 35.5. The van der Waals surface area contributed by atoms with Crippen LogP contribution in [0.15, 0.2) is 89.9 Å². The molecular weight excluding hydrogens is 419 g/mol. The summed E-state index contributed by atoms with van der Waals surface area (Å²) in [7, 11) is 3.12. The lowest BCUT2D eigenvalue weighted by molar-refractivity contribution is 0.268. The topological polar surface area (TPSA) is 117 Å². The van der Waals surface area contributed by atoms with Gasteiger partial charge < -0.3 is 9.47 Å². The number of ether oxygens (including phenoxy) is 2. The average molecular weight is 433 g/mol. The van der Waals surface area contributed by atoms with Crippen molar-refractivity contribution >= 4 is 23.2 Å². The third kappa shape index (κ3) is 2.78. The second kappa shape index (κ2) is 7.12. The van der Waals surface area contributed by atoms with Crippen LogP contribution in [0.25, 0.3) is 0 Å². The van der Waals surface area contributed by atoms with Gasteiger partial charge in [0.1, 0.15) is 11.5 Å². The molecule has 2 aromatic carbocycles. The zero-order valence-electron chi connectivity index (χ0n) is 15.3. The number of rotatable bonds is 6. The van der Waals surface area contributed by atoms with Crippen molar-refractivity contribution in [3.63, 3.8) is 0 Å². The van der Waals surface area contributed by atoms with Gasteiger partial charge in [-0.3, -0.25) is 0 Å². The largest absolute Gasteiger partial charge is 0.497 e. The van der Waals surface area contributed by atoms with Gasteiger partial charge in [-0.25, -0.2) is 0 Å². The van der Waals surface area contributed by atoms with E-state index in [1.807, 2.05) is 0 Å². The molecule has 2 heterocycles. The van der Waals surface area contributed by atoms with Gasteiger partial charge in [0.15, 0.2) is 0 Å². The van der Waals surface area contributed by atoms with Crippen LogP contribution in [-0.4, -0.2) is 18.6 Å². The third-order valence-electron chi connectivity index (χ3n) is 4.70. The van der Waals surface area contributed by atoms with E-state index in [-0.39, 0.29) is 0 Å². The highest BCUT2D eigenvalue weighted by Crippen LogP contribution is 2.60. The smallest absolute Gasteiger partial charge is 0.257 e. The molecule has 12 heteroatoms. The number of hydrogen-bond donors (Lipinski definition) is 0. The Bertz CT molecular complexity index is 913. The van der Waals surface area contributed by atoms with Gasteiger partial charge in [0.2, 0.25) is 4.33 Å². The Morgan fingerprint density at radius 3 is 1.21 bits per heavy atom. The maximum Gasteiger partial charge on any atom is 0.257 e. The van der Waals surface area contributed by atoms with Gasteiger partial charge in [0.05, 0.1) is 14.2 Å². The van der Waals surface area contributed by atoms with Crippen LogP contribution < -0.4 is 9.47 Å². The Balaban J connectivity index is 1.88. The monoisotopic (exact) mass is 432 g/mol. The van der Waals surface area contributed by atoms with E-state index in [2.05, 4.69) is 41.4 Å². The number of benzene rings is 2. The van der Waals surface area contributed by atoms with Gasteiger partial charge in [0.25, 0.3) is 11.3 Å². The fraction of sp³-hybridized carbons (Fsp3) is 0.294. The minimum absolute atomic E-state index is 0.512. The SMILES string of the molecule is COc1ccc(C2(C(Cl)(Cl)C3(c4ccc(OC)cc4)N=NN=N3)N=NN=N2)cc1. The van der Waals surface area contributed by atoms with Crippen molar-refractivity contribution in [3.05, 3.63) is 59.7 Å². The zero-order chi connectivity index (χ0) is 20.5. The summed E-state index contributed by atoms with van der Waals surface area (Å²) in [6.07, 6.45) is 0. The molecule has 0 aliphatic carbocycles. The summed E-state index contributed by atoms with van der Waals surface area (Å²) in [6, 6.07) is 13.8. The number of alkyl halides is 2. The van der Waals surface area contributed by atoms with Crippen molar-refractivity contribution in [1.82, 2.24) is 0 Å². The lowest BCUT2D eigenvalue weighted by atomic mass is 9.85. The summed E-state index contributed by atoms with van der Waals surface area (Å²) in [4.78, 5) is 0. The van der Waals surface area contributed by atoms with E-state index in [0.29, 0.717) is 22.6 Å². The number of methoxy groups -OCH3 is 2. The van der Waals surface area contributed by atoms with E-state index in [4.69, 9.17) is 32.7 Å². The predicted molar refractivity (Wildman–Crippen MR) is 103 cm³/mol. The molecule has 0 saturated carbocycles. The van der Waals surface area contributed by atoms with E-state index < -0.39 is 15.7 Å². The van der Waals surface area contributed by atoms with E-state index in [9.17, 15) is 0 Å². The lowest BCUT2D eigenvalue weighted by Gasteiger charge is -2.40. The number of halogens is 2. The molecule has 0 atom stereocenters. The van der Waals surface area contributed by atoms with Gasteiger partial charge in [-0.2, -0.15) is 0 Å². The summed E-state index contributed by atoms with van der Waals surface area (Å²) in [5, 5.41) is 31.3. The Labute approximate surface area is 175 Å². The molecule has 0 fully saturated rings. The minimum Gasteiger partial charge on any atom is -0.497 e. The third-order valence-corrected chi connectivity index (χ3v) is 5.75. The predicted octanol–water partition coefficient (Wildman–Crippen LogP) is 5.55. The Kier molecular flexibility index (Phi) is 4.75. The van der Waals surface area contributed by atoms with Crippen LogP contribution in [0.4, 0.5) is 0 Å². The van der Waals surface area contributed by atoms with Crippen molar-refractivity contribution in [2.75, 3.05) is 14.2 Å². The van der Waals surface area contributed by atoms with E-state index in [1.54, 1.807) is 62.8 Å². The normalized spacial score (nSPS) is 18.3. The first-order valence-electron chi connectivity index (χ1n) is 8.34. The van der Waals surface area contributed by atoms with Crippen molar-refractivity contribution in [3.8, 4) is 11.5 Å². The quantitative estimate of drug-likeness (QED) is 0.556. The molecule has 10 nitrogen and oxygen atoms in total. The summed E-state index contributed by atoms with van der Waals surface area (Å²) in [5.74, 6) is 1.27. The first kappa shape index (κ1) is 19.3. The van der Waals surface area contributed by atoms with Crippen LogP contribution in [0.1, 0.15) is 11.1 Å². The Morgan fingerprint density at radius 2 is 0.931 bits per heavy atom. The van der Waals surface area contributed by atoms with Gasteiger partial charge in [-0.05, 0) is 45.2 Å². The Hall–Kier alpha value is -2.98. The second-order valence-electron chi connectivity index (χ2n) is 6.13. The molecule has 0 bridgehead atoms. The molecule has 2 aromatic rings. The van der Waals surface area contributed by atoms with Crippen LogP contribution in [0, 0.1) is 0 Å². The second-order valence-corrected chi connectivity index (χ2v) is 7.46. The molecule has 2 aliphatic heterocycles. The van der Waals surface area contributed by atoms with E-state index >= 15 is 0 Å². The minimum atomic E-state index is -1.93. The van der Waals surface area contributed by atoms with Crippen LogP contribution >= 0.6 is 23.2 Å². The standard InChI is InChI=1S/C17H14Cl2N8O2/c1-28-13-7-3-11(4-8-13)15(20-24-25-21-15)17(18,19)16(22-26-27-23-16)12-5-9-14(29-2)10-6-12/h3-10H,1-2H3. The van der Waals surface area contributed by atoms with Crippen molar-refractivity contribution in [1.29, 1.82) is 0 Å². The van der Waals surface area contributed by atoms with Gasteiger partial charge in [0, 0.05) is 11.1 Å². The number of hydrogen-bond acceptors (Lipinski definition) is 10. The molecule has 0 saturated heterocycles. The molecule has 0 aromatic heterocycles. The summed E-state index contributed by atoms with van der Waals surface area (Å²) in [6.45, 7) is 0. The summed E-state index contributed by atoms with van der Waals surface area (Å²) in [5.41, 5.74) is -2.27. The highest BCUT2D eigenvalue weighted by Gasteiger charge is 2.69. The molecule has 0 radical (unpaired) electrons. The summed E-state index contributed by atoms with van der Waals surface area (Å²) >= 11 is 13.9. The number of nitrogens with zero attached hydrogens (tertiary/aromatic N) is 8. The fourth-order valence-corrected chi connectivity index (χ4v) is 3.85. The molecule has 4 rings (SSSR count). The molecule has 148 valence electrons. The van der Waals surface area contributed by atoms with E-state index in [0.717, 1.165) is 0 Å². The molecule has 2 aliphatic rings. The van der Waals surface area contributed by atoms with Gasteiger partial charge in [-0.1, -0.05) is 47.5 Å². The maximum atomic E-state index is 6.97. The molecular formula is C17H14Cl2N8O2. The van der Waals surface area contributed by atoms with E-state index in [1.165, 1.54) is 0 Å². The molecule has 0 amide bonds. The van der Waals surface area contributed by atoms with Crippen LogP contribution in [0.5, 0.6) is 11.5 Å². The highest BCUT2D eigenvalue weighted by molar-refractivity contribution is 6.50. The first-order valence-corrected chi connectivity index (χ1v) is 9.10. The van der Waals surface area contributed by atoms with Crippen molar-refractivity contribution in [2.24, 2.45) is 41.4 Å².